The molecule has 1 saturated carbocycles. The molecule has 3 rings (SSSR count). The Morgan fingerprint density at radius 3 is 2.71 bits per heavy atom. The lowest BCUT2D eigenvalue weighted by atomic mass is 9.84. The molecule has 1 aromatic rings. The summed E-state index contributed by atoms with van der Waals surface area (Å²) in [6.45, 7) is 1.32. The summed E-state index contributed by atoms with van der Waals surface area (Å²) in [5.74, 6) is 0. The topological polar surface area (TPSA) is 49.4 Å². The second kappa shape index (κ2) is 7.51. The van der Waals surface area contributed by atoms with Gasteiger partial charge in [0.05, 0.1) is 10.8 Å². The number of nitrogens with zero attached hydrogens (tertiary/aromatic N) is 1. The van der Waals surface area contributed by atoms with Crippen molar-refractivity contribution in [1.29, 1.82) is 0 Å². The molecule has 1 aliphatic carbocycles. The number of carbonyl (C=O) groups excluding carboxylic acids is 1. The van der Waals surface area contributed by atoms with Gasteiger partial charge in [-0.3, -0.25) is 4.21 Å². The fourth-order valence-corrected chi connectivity index (χ4v) is 4.65. The van der Waals surface area contributed by atoms with Crippen LogP contribution in [0.15, 0.2) is 36.4 Å². The molecule has 4 nitrogen and oxygen atoms in total. The molecule has 0 bridgehead atoms. The number of hydrogen-bond acceptors (Lipinski definition) is 2. The summed E-state index contributed by atoms with van der Waals surface area (Å²) >= 11 is 0. The van der Waals surface area contributed by atoms with Crippen molar-refractivity contribution in [3.05, 3.63) is 42.0 Å². The van der Waals surface area contributed by atoms with Crippen LogP contribution >= 0.6 is 0 Å². The van der Waals surface area contributed by atoms with Gasteiger partial charge in [-0.05, 0) is 31.2 Å². The maximum atomic E-state index is 12.6. The lowest BCUT2D eigenvalue weighted by Crippen LogP contribution is -2.53. The van der Waals surface area contributed by atoms with E-state index in [4.69, 9.17) is 0 Å². The van der Waals surface area contributed by atoms with Crippen LogP contribution in [-0.4, -0.2) is 45.3 Å². The third-order valence-corrected chi connectivity index (χ3v) is 7.08. The first-order valence-corrected chi connectivity index (χ1v) is 10.3. The van der Waals surface area contributed by atoms with Crippen molar-refractivity contribution in [2.45, 2.75) is 42.9 Å². The summed E-state index contributed by atoms with van der Waals surface area (Å²) in [6, 6.07) is 10.3. The highest BCUT2D eigenvalue weighted by Gasteiger charge is 2.41. The third kappa shape index (κ3) is 3.72. The summed E-state index contributed by atoms with van der Waals surface area (Å²) in [7, 11) is -0.884. The lowest BCUT2D eigenvalue weighted by molar-refractivity contribution is 0.196. The fraction of sp³-hybridized carbons (Fsp3) is 0.526. The third-order valence-electron chi connectivity index (χ3n) is 5.31. The molecule has 24 heavy (non-hydrogen) atoms. The Kier molecular flexibility index (Phi) is 5.39. The van der Waals surface area contributed by atoms with E-state index in [1.165, 1.54) is 0 Å². The summed E-state index contributed by atoms with van der Waals surface area (Å²) in [5, 5.41) is 3.04. The van der Waals surface area contributed by atoms with E-state index in [1.54, 1.807) is 6.26 Å². The summed E-state index contributed by atoms with van der Waals surface area (Å²) in [5.41, 5.74) is 1.15. The Morgan fingerprint density at radius 1 is 1.33 bits per heavy atom. The van der Waals surface area contributed by atoms with Crippen LogP contribution in [0.4, 0.5) is 4.79 Å². The molecule has 1 aliphatic heterocycles. The van der Waals surface area contributed by atoms with Crippen LogP contribution < -0.4 is 5.32 Å². The zero-order chi connectivity index (χ0) is 17.0. The van der Waals surface area contributed by atoms with Gasteiger partial charge in [-0.25, -0.2) is 4.79 Å². The van der Waals surface area contributed by atoms with Crippen molar-refractivity contribution >= 4 is 22.9 Å². The molecule has 1 N–H and O–H groups in total. The number of nitrogens with one attached hydrogen (secondary N) is 1. The second-order valence-electron chi connectivity index (χ2n) is 6.82. The molecule has 2 fully saturated rings. The van der Waals surface area contributed by atoms with Gasteiger partial charge in [0, 0.05) is 30.1 Å². The maximum absolute atomic E-state index is 12.6. The molecule has 130 valence electrons. The maximum Gasteiger partial charge on any atom is 0.317 e. The zero-order valence-corrected chi connectivity index (χ0v) is 15.1. The minimum Gasteiger partial charge on any atom is -0.336 e. The fourth-order valence-electron chi connectivity index (χ4n) is 3.51. The van der Waals surface area contributed by atoms with Gasteiger partial charge in [0.25, 0.3) is 0 Å². The second-order valence-corrected chi connectivity index (χ2v) is 8.60. The highest BCUT2D eigenvalue weighted by molar-refractivity contribution is 7.85. The van der Waals surface area contributed by atoms with Gasteiger partial charge < -0.3 is 10.2 Å². The van der Waals surface area contributed by atoms with Crippen LogP contribution in [0.2, 0.25) is 0 Å². The van der Waals surface area contributed by atoms with Gasteiger partial charge in [-0.2, -0.15) is 0 Å². The molecule has 1 saturated heterocycles. The van der Waals surface area contributed by atoms with E-state index in [0.29, 0.717) is 6.54 Å². The number of rotatable bonds is 5. The molecule has 0 spiro atoms. The molecule has 2 amide bonds. The van der Waals surface area contributed by atoms with Crippen molar-refractivity contribution < 1.29 is 9.00 Å². The van der Waals surface area contributed by atoms with Gasteiger partial charge in [0.15, 0.2) is 0 Å². The number of carbonyl (C=O) groups is 1. The van der Waals surface area contributed by atoms with E-state index < -0.39 is 10.8 Å². The average molecular weight is 346 g/mol. The van der Waals surface area contributed by atoms with Crippen molar-refractivity contribution in [2.24, 2.45) is 0 Å². The van der Waals surface area contributed by atoms with Crippen LogP contribution in [0.25, 0.3) is 6.08 Å². The first kappa shape index (κ1) is 17.2. The van der Waals surface area contributed by atoms with E-state index in [-0.39, 0.29) is 16.8 Å². The number of hydrogen-bond donors (Lipinski definition) is 1. The highest BCUT2D eigenvalue weighted by Crippen LogP contribution is 2.36. The van der Waals surface area contributed by atoms with Gasteiger partial charge in [0.1, 0.15) is 0 Å². The molecule has 5 heteroatoms. The molecule has 2 aliphatic rings. The van der Waals surface area contributed by atoms with E-state index >= 15 is 0 Å². The van der Waals surface area contributed by atoms with E-state index in [2.05, 4.69) is 29.6 Å². The van der Waals surface area contributed by atoms with E-state index in [0.717, 1.165) is 44.2 Å². The SMILES string of the molecule is C[S@](=O)C1(CNC(=O)N2CCC[C@@H]2/C=C/c2ccccc2)CCC1. The van der Waals surface area contributed by atoms with E-state index in [1.807, 2.05) is 23.1 Å². The largest absolute Gasteiger partial charge is 0.336 e. The first-order valence-electron chi connectivity index (χ1n) is 8.72. The van der Waals surface area contributed by atoms with Crippen molar-refractivity contribution in [3.63, 3.8) is 0 Å². The summed E-state index contributed by atoms with van der Waals surface area (Å²) in [6.07, 6.45) is 11.0. The van der Waals surface area contributed by atoms with Crippen LogP contribution in [0.5, 0.6) is 0 Å². The van der Waals surface area contributed by atoms with E-state index in [9.17, 15) is 9.00 Å². The Hall–Kier alpha value is -1.62. The Balaban J connectivity index is 1.57. The predicted octanol–water partition coefficient (Wildman–Crippen LogP) is 3.18. The molecule has 0 radical (unpaired) electrons. The van der Waals surface area contributed by atoms with Gasteiger partial charge >= 0.3 is 6.03 Å². The predicted molar refractivity (Wildman–Crippen MR) is 99.3 cm³/mol. The first-order chi connectivity index (χ1) is 11.6. The Bertz CT molecular complexity index is 626. The minimum atomic E-state index is -0.884. The standard InChI is InChI=1S/C19H26N2O2S/c1-24(23)19(12-6-13-19)15-20-18(22)21-14-5-9-17(21)11-10-16-7-3-2-4-8-16/h2-4,7-8,10-11,17H,5-6,9,12-15H2,1H3,(H,20,22)/b11-10+/t17-,24+/m1/s1. The summed E-state index contributed by atoms with van der Waals surface area (Å²) < 4.78 is 11.8. The molecular formula is C19H26N2O2S. The van der Waals surface area contributed by atoms with Crippen molar-refractivity contribution in [3.8, 4) is 0 Å². The molecule has 1 aromatic carbocycles. The molecule has 1 heterocycles. The zero-order valence-electron chi connectivity index (χ0n) is 14.2. The average Bonchev–Trinajstić information content (AvgIpc) is 3.01. The number of amides is 2. The minimum absolute atomic E-state index is 0.0214. The Morgan fingerprint density at radius 2 is 2.08 bits per heavy atom. The number of benzene rings is 1. The van der Waals surface area contributed by atoms with Crippen molar-refractivity contribution in [1.82, 2.24) is 10.2 Å². The van der Waals surface area contributed by atoms with Gasteiger partial charge in [-0.15, -0.1) is 0 Å². The summed E-state index contributed by atoms with van der Waals surface area (Å²) in [4.78, 5) is 14.5. The van der Waals surface area contributed by atoms with Crippen LogP contribution in [0.1, 0.15) is 37.7 Å². The Labute approximate surface area is 146 Å². The van der Waals surface area contributed by atoms with Gasteiger partial charge in [0.2, 0.25) is 0 Å². The van der Waals surface area contributed by atoms with Gasteiger partial charge in [-0.1, -0.05) is 48.9 Å². The lowest BCUT2D eigenvalue weighted by Gasteiger charge is -2.40. The highest BCUT2D eigenvalue weighted by atomic mass is 32.2. The van der Waals surface area contributed by atoms with Crippen LogP contribution in [0, 0.1) is 0 Å². The van der Waals surface area contributed by atoms with Crippen LogP contribution in [-0.2, 0) is 10.8 Å². The smallest absolute Gasteiger partial charge is 0.317 e. The molecular weight excluding hydrogens is 320 g/mol. The number of urea groups is 1. The molecule has 2 atom stereocenters. The van der Waals surface area contributed by atoms with Crippen LogP contribution in [0.3, 0.4) is 0 Å². The molecule has 0 unspecified atom stereocenters. The molecule has 0 aromatic heterocycles. The quantitative estimate of drug-likeness (QED) is 0.890. The normalized spacial score (nSPS) is 23.9. The monoisotopic (exact) mass is 346 g/mol. The number of likely N-dealkylation sites (tertiary alicyclic amines) is 1. The van der Waals surface area contributed by atoms with Crippen molar-refractivity contribution in [2.75, 3.05) is 19.3 Å².